The van der Waals surface area contributed by atoms with E-state index in [1.807, 2.05) is 25.1 Å². The van der Waals surface area contributed by atoms with E-state index < -0.39 is 11.9 Å². The fraction of sp³-hybridized carbons (Fsp3) is 0.333. The maximum atomic E-state index is 12.1. The number of furan rings is 1. The van der Waals surface area contributed by atoms with Crippen LogP contribution in [0.2, 0.25) is 0 Å². The van der Waals surface area contributed by atoms with Gasteiger partial charge in [-0.3, -0.25) is 9.59 Å². The third kappa shape index (κ3) is 2.82. The molecule has 0 saturated heterocycles. The number of fused-ring (bicyclic) bond motifs is 1. The van der Waals surface area contributed by atoms with Crippen LogP contribution in [0, 0.1) is 5.92 Å². The Kier molecular flexibility index (Phi) is 4.08. The lowest BCUT2D eigenvalue weighted by Crippen LogP contribution is -2.31. The van der Waals surface area contributed by atoms with Gasteiger partial charge in [0.2, 0.25) is 0 Å². The highest BCUT2D eigenvalue weighted by molar-refractivity contribution is 6.06. The van der Waals surface area contributed by atoms with Gasteiger partial charge in [-0.25, -0.2) is 0 Å². The highest BCUT2D eigenvalue weighted by Gasteiger charge is 2.16. The van der Waals surface area contributed by atoms with Gasteiger partial charge in [-0.15, -0.1) is 0 Å². The van der Waals surface area contributed by atoms with Gasteiger partial charge in [0.25, 0.3) is 5.91 Å². The summed E-state index contributed by atoms with van der Waals surface area (Å²) in [6, 6.07) is 5.72. The number of carbonyl (C=O) groups excluding carboxylic acids is 1. The number of rotatable bonds is 5. The van der Waals surface area contributed by atoms with Crippen molar-refractivity contribution >= 4 is 22.8 Å². The summed E-state index contributed by atoms with van der Waals surface area (Å²) in [4.78, 5) is 22.8. The zero-order valence-corrected chi connectivity index (χ0v) is 11.5. The van der Waals surface area contributed by atoms with E-state index in [0.717, 1.165) is 17.4 Å². The van der Waals surface area contributed by atoms with Crippen LogP contribution in [-0.4, -0.2) is 23.5 Å². The lowest BCUT2D eigenvalue weighted by Gasteiger charge is -2.07. The van der Waals surface area contributed by atoms with Crippen molar-refractivity contribution in [3.63, 3.8) is 0 Å². The first-order valence-electron chi connectivity index (χ1n) is 6.54. The van der Waals surface area contributed by atoms with Crippen molar-refractivity contribution in [3.8, 4) is 0 Å². The third-order valence-corrected chi connectivity index (χ3v) is 3.28. The molecular formula is C15H17NO4. The van der Waals surface area contributed by atoms with E-state index in [0.29, 0.717) is 11.1 Å². The van der Waals surface area contributed by atoms with Crippen molar-refractivity contribution in [1.82, 2.24) is 5.32 Å². The van der Waals surface area contributed by atoms with Crippen LogP contribution in [0.5, 0.6) is 0 Å². The first kappa shape index (κ1) is 14.1. The number of carboxylic acids is 1. The van der Waals surface area contributed by atoms with E-state index in [4.69, 9.17) is 9.52 Å². The van der Waals surface area contributed by atoms with Gasteiger partial charge in [0, 0.05) is 11.9 Å². The Balaban J connectivity index is 2.19. The van der Waals surface area contributed by atoms with Crippen LogP contribution in [0.4, 0.5) is 0 Å². The quantitative estimate of drug-likeness (QED) is 0.878. The summed E-state index contributed by atoms with van der Waals surface area (Å²) in [6.45, 7) is 3.68. The Bertz CT molecular complexity index is 644. The molecule has 0 bridgehead atoms. The van der Waals surface area contributed by atoms with E-state index in [2.05, 4.69) is 5.32 Å². The second kappa shape index (κ2) is 5.77. The second-order valence-electron chi connectivity index (χ2n) is 4.78. The Hall–Kier alpha value is -2.30. The van der Waals surface area contributed by atoms with Gasteiger partial charge >= 0.3 is 5.97 Å². The summed E-state index contributed by atoms with van der Waals surface area (Å²) in [6.07, 6.45) is 2.28. The zero-order valence-electron chi connectivity index (χ0n) is 11.5. The molecule has 1 amide bonds. The summed E-state index contributed by atoms with van der Waals surface area (Å²) in [5.41, 5.74) is 2.21. The molecule has 1 aromatic heterocycles. The predicted octanol–water partition coefficient (Wildman–Crippen LogP) is 2.45. The summed E-state index contributed by atoms with van der Waals surface area (Å²) in [5, 5.41) is 12.2. The number of benzene rings is 1. The second-order valence-corrected chi connectivity index (χ2v) is 4.78. The average Bonchev–Trinajstić information content (AvgIpc) is 2.86. The van der Waals surface area contributed by atoms with Gasteiger partial charge in [0.05, 0.1) is 11.5 Å². The molecule has 0 radical (unpaired) electrons. The lowest BCUT2D eigenvalue weighted by molar-refractivity contribution is -0.140. The topological polar surface area (TPSA) is 79.5 Å². The minimum atomic E-state index is -0.935. The lowest BCUT2D eigenvalue weighted by atomic mass is 10.1. The maximum Gasteiger partial charge on any atom is 0.308 e. The van der Waals surface area contributed by atoms with Crippen molar-refractivity contribution in [1.29, 1.82) is 0 Å². The monoisotopic (exact) mass is 275 g/mol. The molecule has 2 aromatic rings. The molecule has 106 valence electrons. The van der Waals surface area contributed by atoms with E-state index in [1.54, 1.807) is 6.92 Å². The summed E-state index contributed by atoms with van der Waals surface area (Å²) in [7, 11) is 0. The van der Waals surface area contributed by atoms with Gasteiger partial charge in [0.1, 0.15) is 11.8 Å². The van der Waals surface area contributed by atoms with Crippen LogP contribution in [0.3, 0.4) is 0 Å². The Morgan fingerprint density at radius 1 is 1.40 bits per heavy atom. The molecule has 1 unspecified atom stereocenters. The van der Waals surface area contributed by atoms with E-state index in [-0.39, 0.29) is 12.5 Å². The number of hydrogen-bond acceptors (Lipinski definition) is 3. The molecule has 0 fully saturated rings. The zero-order chi connectivity index (χ0) is 14.7. The number of amides is 1. The van der Waals surface area contributed by atoms with E-state index >= 15 is 0 Å². The van der Waals surface area contributed by atoms with Crippen LogP contribution in [-0.2, 0) is 11.2 Å². The van der Waals surface area contributed by atoms with E-state index in [1.165, 1.54) is 6.26 Å². The average molecular weight is 275 g/mol. The van der Waals surface area contributed by atoms with Crippen molar-refractivity contribution < 1.29 is 19.1 Å². The molecule has 1 heterocycles. The maximum absolute atomic E-state index is 12.1. The number of aliphatic carboxylic acids is 1. The SMILES string of the molecule is CCc1ccc2occ(C(=O)NCC(C)C(=O)O)c2c1. The van der Waals surface area contributed by atoms with Crippen LogP contribution in [0.1, 0.15) is 29.8 Å². The van der Waals surface area contributed by atoms with Crippen LogP contribution >= 0.6 is 0 Å². The van der Waals surface area contributed by atoms with Crippen LogP contribution < -0.4 is 5.32 Å². The van der Waals surface area contributed by atoms with Crippen molar-refractivity contribution in [2.75, 3.05) is 6.54 Å². The highest BCUT2D eigenvalue weighted by atomic mass is 16.4. The number of hydrogen-bond donors (Lipinski definition) is 2. The molecule has 0 saturated carbocycles. The van der Waals surface area contributed by atoms with Crippen molar-refractivity contribution in [2.24, 2.45) is 5.92 Å². The Labute approximate surface area is 116 Å². The van der Waals surface area contributed by atoms with Crippen molar-refractivity contribution in [3.05, 3.63) is 35.6 Å². The van der Waals surface area contributed by atoms with Gasteiger partial charge < -0.3 is 14.8 Å². The summed E-state index contributed by atoms with van der Waals surface area (Å²) < 4.78 is 5.35. The third-order valence-electron chi connectivity index (χ3n) is 3.28. The van der Waals surface area contributed by atoms with Gasteiger partial charge in [0.15, 0.2) is 0 Å². The molecule has 0 spiro atoms. The highest BCUT2D eigenvalue weighted by Crippen LogP contribution is 2.22. The van der Waals surface area contributed by atoms with Crippen LogP contribution in [0.15, 0.2) is 28.9 Å². The molecule has 0 aliphatic heterocycles. The fourth-order valence-corrected chi connectivity index (χ4v) is 1.90. The summed E-state index contributed by atoms with van der Waals surface area (Å²) in [5.74, 6) is -1.87. The summed E-state index contributed by atoms with van der Waals surface area (Å²) >= 11 is 0. The molecular weight excluding hydrogens is 258 g/mol. The molecule has 1 atom stereocenters. The van der Waals surface area contributed by atoms with Gasteiger partial charge in [-0.1, -0.05) is 19.9 Å². The number of carbonyl (C=O) groups is 2. The molecule has 20 heavy (non-hydrogen) atoms. The van der Waals surface area contributed by atoms with Crippen molar-refractivity contribution in [2.45, 2.75) is 20.3 Å². The molecule has 2 rings (SSSR count). The largest absolute Gasteiger partial charge is 0.481 e. The molecule has 0 aliphatic carbocycles. The molecule has 5 nitrogen and oxygen atoms in total. The fourth-order valence-electron chi connectivity index (χ4n) is 1.90. The number of carboxylic acid groups (broad SMARTS) is 1. The van der Waals surface area contributed by atoms with E-state index in [9.17, 15) is 9.59 Å². The Morgan fingerprint density at radius 2 is 2.15 bits per heavy atom. The molecule has 1 aromatic carbocycles. The number of aryl methyl sites for hydroxylation is 1. The smallest absolute Gasteiger partial charge is 0.308 e. The molecule has 0 aliphatic rings. The van der Waals surface area contributed by atoms with Gasteiger partial charge in [-0.2, -0.15) is 0 Å². The Morgan fingerprint density at radius 3 is 2.80 bits per heavy atom. The first-order chi connectivity index (χ1) is 9.52. The standard InChI is InChI=1S/C15H17NO4/c1-3-10-4-5-13-11(6-10)12(8-20-13)14(17)16-7-9(2)15(18)19/h4-6,8-9H,3,7H2,1-2H3,(H,16,17)(H,18,19). The minimum absolute atomic E-state index is 0.0916. The first-order valence-corrected chi connectivity index (χ1v) is 6.54. The van der Waals surface area contributed by atoms with Gasteiger partial charge in [-0.05, 0) is 24.1 Å². The number of nitrogens with one attached hydrogen (secondary N) is 1. The normalized spacial score (nSPS) is 12.3. The molecule has 5 heteroatoms. The minimum Gasteiger partial charge on any atom is -0.481 e. The molecule has 2 N–H and O–H groups in total. The van der Waals surface area contributed by atoms with Crippen LogP contribution in [0.25, 0.3) is 11.0 Å². The predicted molar refractivity (Wildman–Crippen MR) is 74.7 cm³/mol.